The van der Waals surface area contributed by atoms with Crippen molar-refractivity contribution in [1.29, 1.82) is 0 Å². The Kier molecular flexibility index (Phi) is 3.99. The summed E-state index contributed by atoms with van der Waals surface area (Å²) < 4.78 is 4.56. The minimum atomic E-state index is -0.726. The average molecular weight is 240 g/mol. The molecular formula is C12H20N2O3. The van der Waals surface area contributed by atoms with Crippen molar-refractivity contribution < 1.29 is 14.3 Å². The quantitative estimate of drug-likeness (QED) is 0.557. The van der Waals surface area contributed by atoms with Crippen LogP contribution >= 0.6 is 0 Å². The highest BCUT2D eigenvalue weighted by Gasteiger charge is 2.37. The Labute approximate surface area is 101 Å². The van der Waals surface area contributed by atoms with Crippen molar-refractivity contribution in [3.05, 3.63) is 0 Å². The molecule has 0 aromatic carbocycles. The highest BCUT2D eigenvalue weighted by atomic mass is 16.5. The summed E-state index contributed by atoms with van der Waals surface area (Å²) in [5.74, 6) is -1.18. The van der Waals surface area contributed by atoms with Crippen molar-refractivity contribution in [3.8, 4) is 0 Å². The van der Waals surface area contributed by atoms with Crippen LogP contribution in [0.5, 0.6) is 0 Å². The maximum absolute atomic E-state index is 12.0. The first kappa shape index (κ1) is 12.4. The van der Waals surface area contributed by atoms with Crippen LogP contribution in [-0.4, -0.2) is 49.1 Å². The van der Waals surface area contributed by atoms with E-state index in [4.69, 9.17) is 0 Å². The summed E-state index contributed by atoms with van der Waals surface area (Å²) in [4.78, 5) is 25.2. The van der Waals surface area contributed by atoms with Crippen molar-refractivity contribution in [3.63, 3.8) is 0 Å². The molecule has 0 atom stereocenters. The Morgan fingerprint density at radius 1 is 1.12 bits per heavy atom. The van der Waals surface area contributed by atoms with Gasteiger partial charge in [0.2, 0.25) is 0 Å². The molecule has 1 saturated carbocycles. The van der Waals surface area contributed by atoms with Crippen LogP contribution in [0, 0.1) is 0 Å². The largest absolute Gasteiger partial charge is 0.462 e. The van der Waals surface area contributed by atoms with Gasteiger partial charge in [0.15, 0.2) is 0 Å². The minimum absolute atomic E-state index is 0.202. The second kappa shape index (κ2) is 5.49. The van der Waals surface area contributed by atoms with Crippen LogP contribution in [0.4, 0.5) is 0 Å². The van der Waals surface area contributed by atoms with Gasteiger partial charge < -0.3 is 15.0 Å². The van der Waals surface area contributed by atoms with E-state index in [1.165, 1.54) is 7.11 Å². The predicted octanol–water partition coefficient (Wildman–Crippen LogP) is 0.292. The van der Waals surface area contributed by atoms with Crippen molar-refractivity contribution >= 4 is 11.9 Å². The number of hydrogen-bond acceptors (Lipinski definition) is 4. The smallest absolute Gasteiger partial charge is 0.396 e. The molecule has 1 heterocycles. The van der Waals surface area contributed by atoms with Crippen molar-refractivity contribution in [2.75, 3.05) is 20.2 Å². The molecule has 0 radical (unpaired) electrons. The molecule has 2 aliphatic rings. The number of amides is 1. The highest BCUT2D eigenvalue weighted by molar-refractivity contribution is 6.32. The van der Waals surface area contributed by atoms with E-state index in [-0.39, 0.29) is 12.1 Å². The van der Waals surface area contributed by atoms with E-state index in [1.54, 1.807) is 4.90 Å². The summed E-state index contributed by atoms with van der Waals surface area (Å²) in [7, 11) is 1.27. The van der Waals surface area contributed by atoms with Crippen LogP contribution in [0.1, 0.15) is 32.1 Å². The molecule has 1 saturated heterocycles. The molecule has 1 aliphatic heterocycles. The normalized spacial score (nSPS) is 21.7. The number of esters is 1. The SMILES string of the molecule is COC(=O)C(=O)N(C1CCC1)C1CCNCC1. The number of hydrogen-bond donors (Lipinski definition) is 1. The molecule has 17 heavy (non-hydrogen) atoms. The Bertz CT molecular complexity index is 296. The van der Waals surface area contributed by atoms with Gasteiger partial charge in [0, 0.05) is 12.1 Å². The van der Waals surface area contributed by atoms with Gasteiger partial charge in [-0.05, 0) is 45.2 Å². The van der Waals surface area contributed by atoms with E-state index in [1.807, 2.05) is 0 Å². The third kappa shape index (κ3) is 2.60. The number of nitrogens with one attached hydrogen (secondary N) is 1. The first-order valence-corrected chi connectivity index (χ1v) is 6.35. The number of nitrogens with zero attached hydrogens (tertiary/aromatic N) is 1. The fourth-order valence-electron chi connectivity index (χ4n) is 2.57. The Morgan fingerprint density at radius 3 is 2.18 bits per heavy atom. The fraction of sp³-hybridized carbons (Fsp3) is 0.833. The molecule has 96 valence electrons. The molecule has 0 spiro atoms. The number of rotatable bonds is 2. The van der Waals surface area contributed by atoms with Crippen LogP contribution in [-0.2, 0) is 14.3 Å². The summed E-state index contributed by atoms with van der Waals surface area (Å²) in [6.45, 7) is 1.84. The lowest BCUT2D eigenvalue weighted by Crippen LogP contribution is -2.55. The molecule has 0 aromatic rings. The van der Waals surface area contributed by atoms with Crippen LogP contribution in [0.15, 0.2) is 0 Å². The summed E-state index contributed by atoms with van der Waals surface area (Å²) >= 11 is 0. The predicted molar refractivity (Wildman–Crippen MR) is 62.4 cm³/mol. The standard InChI is InChI=1S/C12H20N2O3/c1-17-12(16)11(15)14(9-3-2-4-9)10-5-7-13-8-6-10/h9-10,13H,2-8H2,1H3. The molecular weight excluding hydrogens is 220 g/mol. The van der Waals surface area contributed by atoms with Gasteiger partial charge in [-0.3, -0.25) is 4.79 Å². The number of ether oxygens (including phenoxy) is 1. The molecule has 5 heteroatoms. The van der Waals surface area contributed by atoms with E-state index >= 15 is 0 Å². The highest BCUT2D eigenvalue weighted by Crippen LogP contribution is 2.29. The van der Waals surface area contributed by atoms with Crippen LogP contribution < -0.4 is 5.32 Å². The molecule has 1 amide bonds. The minimum Gasteiger partial charge on any atom is -0.462 e. The number of piperidine rings is 1. The summed E-state index contributed by atoms with van der Waals surface area (Å²) in [6.07, 6.45) is 5.05. The van der Waals surface area contributed by atoms with Gasteiger partial charge in [0.05, 0.1) is 7.11 Å². The monoisotopic (exact) mass is 240 g/mol. The maximum Gasteiger partial charge on any atom is 0.396 e. The van der Waals surface area contributed by atoms with Gasteiger partial charge in [-0.25, -0.2) is 4.79 Å². The maximum atomic E-state index is 12.0. The van der Waals surface area contributed by atoms with Gasteiger partial charge in [-0.2, -0.15) is 0 Å². The molecule has 0 bridgehead atoms. The zero-order valence-corrected chi connectivity index (χ0v) is 10.3. The van der Waals surface area contributed by atoms with E-state index < -0.39 is 11.9 Å². The van der Waals surface area contributed by atoms with Gasteiger partial charge >= 0.3 is 11.9 Å². The number of carbonyl (C=O) groups excluding carboxylic acids is 2. The molecule has 5 nitrogen and oxygen atoms in total. The third-order valence-electron chi connectivity index (χ3n) is 3.76. The zero-order valence-electron chi connectivity index (χ0n) is 10.3. The second-order valence-corrected chi connectivity index (χ2v) is 4.77. The zero-order chi connectivity index (χ0) is 12.3. The van der Waals surface area contributed by atoms with Crippen LogP contribution in [0.2, 0.25) is 0 Å². The van der Waals surface area contributed by atoms with Crippen molar-refractivity contribution in [1.82, 2.24) is 10.2 Å². The molecule has 2 rings (SSSR count). The van der Waals surface area contributed by atoms with Gasteiger partial charge in [0.25, 0.3) is 0 Å². The topological polar surface area (TPSA) is 58.6 Å². The lowest BCUT2D eigenvalue weighted by molar-refractivity contribution is -0.162. The van der Waals surface area contributed by atoms with Gasteiger partial charge in [-0.15, -0.1) is 0 Å². The molecule has 1 N–H and O–H groups in total. The first-order valence-electron chi connectivity index (χ1n) is 6.35. The second-order valence-electron chi connectivity index (χ2n) is 4.77. The third-order valence-corrected chi connectivity index (χ3v) is 3.76. The van der Waals surface area contributed by atoms with Gasteiger partial charge in [-0.1, -0.05) is 0 Å². The van der Waals surface area contributed by atoms with Crippen LogP contribution in [0.25, 0.3) is 0 Å². The molecule has 0 aromatic heterocycles. The van der Waals surface area contributed by atoms with E-state index in [0.29, 0.717) is 0 Å². The van der Waals surface area contributed by atoms with E-state index in [2.05, 4.69) is 10.1 Å². The molecule has 2 fully saturated rings. The number of methoxy groups -OCH3 is 1. The number of carbonyl (C=O) groups is 2. The Hall–Kier alpha value is -1.10. The lowest BCUT2D eigenvalue weighted by Gasteiger charge is -2.43. The van der Waals surface area contributed by atoms with Crippen molar-refractivity contribution in [2.45, 2.75) is 44.2 Å². The summed E-state index contributed by atoms with van der Waals surface area (Å²) in [6, 6.07) is 0.456. The van der Waals surface area contributed by atoms with Crippen molar-refractivity contribution in [2.24, 2.45) is 0 Å². The summed E-state index contributed by atoms with van der Waals surface area (Å²) in [5.41, 5.74) is 0. The van der Waals surface area contributed by atoms with E-state index in [0.717, 1.165) is 45.2 Å². The van der Waals surface area contributed by atoms with Crippen LogP contribution in [0.3, 0.4) is 0 Å². The molecule has 0 unspecified atom stereocenters. The first-order chi connectivity index (χ1) is 8.24. The fourth-order valence-corrected chi connectivity index (χ4v) is 2.57. The Morgan fingerprint density at radius 2 is 1.71 bits per heavy atom. The lowest BCUT2D eigenvalue weighted by atomic mass is 9.88. The Balaban J connectivity index is 2.06. The average Bonchev–Trinajstić information content (AvgIpc) is 2.32. The van der Waals surface area contributed by atoms with Gasteiger partial charge in [0.1, 0.15) is 0 Å². The summed E-state index contributed by atoms with van der Waals surface area (Å²) in [5, 5.41) is 3.27. The van der Waals surface area contributed by atoms with E-state index in [9.17, 15) is 9.59 Å². The molecule has 1 aliphatic carbocycles.